The average molecular weight is 237 g/mol. The molecule has 0 aliphatic rings. The number of furan rings is 1. The lowest BCUT2D eigenvalue weighted by Gasteiger charge is -2.08. The molecule has 0 spiro atoms. The Balaban J connectivity index is 1.90. The lowest BCUT2D eigenvalue weighted by molar-refractivity contribution is 0.438. The Labute approximate surface area is 106 Å². The number of rotatable bonds is 10. The fourth-order valence-corrected chi connectivity index (χ4v) is 2.14. The molecule has 17 heavy (non-hydrogen) atoms. The monoisotopic (exact) mass is 237 g/mol. The van der Waals surface area contributed by atoms with E-state index in [4.69, 9.17) is 10.2 Å². The molecule has 0 aliphatic heterocycles. The van der Waals surface area contributed by atoms with Gasteiger partial charge in [0.15, 0.2) is 0 Å². The van der Waals surface area contributed by atoms with Crippen LogP contribution in [-0.2, 0) is 0 Å². The Kier molecular flexibility index (Phi) is 7.81. The van der Waals surface area contributed by atoms with E-state index in [1.165, 1.54) is 51.4 Å². The van der Waals surface area contributed by atoms with Gasteiger partial charge in [-0.3, -0.25) is 0 Å². The molecule has 0 aromatic carbocycles. The SMILES string of the molecule is CCCCCCCCCCC(N)c1ccco1. The fourth-order valence-electron chi connectivity index (χ4n) is 2.14. The summed E-state index contributed by atoms with van der Waals surface area (Å²) in [6, 6.07) is 3.96. The van der Waals surface area contributed by atoms with Crippen LogP contribution in [0, 0.1) is 0 Å². The number of unbranched alkanes of at least 4 members (excludes halogenated alkanes) is 7. The van der Waals surface area contributed by atoms with E-state index in [1.54, 1.807) is 6.26 Å². The van der Waals surface area contributed by atoms with Crippen molar-refractivity contribution in [2.45, 2.75) is 70.8 Å². The predicted molar refractivity (Wildman–Crippen MR) is 72.9 cm³/mol. The van der Waals surface area contributed by atoms with Crippen LogP contribution in [0.5, 0.6) is 0 Å². The van der Waals surface area contributed by atoms with Crippen molar-refractivity contribution < 1.29 is 4.42 Å². The van der Waals surface area contributed by atoms with Gasteiger partial charge in [-0.2, -0.15) is 0 Å². The zero-order valence-corrected chi connectivity index (χ0v) is 11.2. The summed E-state index contributed by atoms with van der Waals surface area (Å²) in [6.07, 6.45) is 13.5. The second kappa shape index (κ2) is 9.29. The van der Waals surface area contributed by atoms with Crippen LogP contribution in [0.15, 0.2) is 22.8 Å². The molecule has 2 N–H and O–H groups in total. The summed E-state index contributed by atoms with van der Waals surface area (Å²) >= 11 is 0. The van der Waals surface area contributed by atoms with E-state index in [2.05, 4.69) is 6.92 Å². The second-order valence-corrected chi connectivity index (χ2v) is 4.89. The van der Waals surface area contributed by atoms with E-state index in [1.807, 2.05) is 12.1 Å². The van der Waals surface area contributed by atoms with Crippen molar-refractivity contribution >= 4 is 0 Å². The van der Waals surface area contributed by atoms with E-state index in [9.17, 15) is 0 Å². The highest BCUT2D eigenvalue weighted by molar-refractivity contribution is 5.02. The second-order valence-electron chi connectivity index (χ2n) is 4.89. The fraction of sp³-hybridized carbons (Fsp3) is 0.733. The lowest BCUT2D eigenvalue weighted by atomic mass is 10.0. The molecule has 1 atom stereocenters. The van der Waals surface area contributed by atoms with Crippen LogP contribution in [0.25, 0.3) is 0 Å². The van der Waals surface area contributed by atoms with Crippen molar-refractivity contribution in [3.8, 4) is 0 Å². The molecule has 0 aliphatic carbocycles. The maximum absolute atomic E-state index is 6.03. The van der Waals surface area contributed by atoms with Gasteiger partial charge in [0.2, 0.25) is 0 Å². The van der Waals surface area contributed by atoms with Crippen LogP contribution in [0.2, 0.25) is 0 Å². The molecule has 98 valence electrons. The minimum Gasteiger partial charge on any atom is -0.468 e. The summed E-state index contributed by atoms with van der Waals surface area (Å²) in [7, 11) is 0. The molecule has 0 radical (unpaired) electrons. The Bertz CT molecular complexity index is 256. The smallest absolute Gasteiger partial charge is 0.120 e. The van der Waals surface area contributed by atoms with Gasteiger partial charge in [0.1, 0.15) is 5.76 Å². The van der Waals surface area contributed by atoms with Crippen LogP contribution >= 0.6 is 0 Å². The molecule has 2 heteroatoms. The number of hydrogen-bond donors (Lipinski definition) is 1. The summed E-state index contributed by atoms with van der Waals surface area (Å²) in [6.45, 7) is 2.26. The lowest BCUT2D eigenvalue weighted by Crippen LogP contribution is -2.08. The zero-order valence-electron chi connectivity index (χ0n) is 11.2. The standard InChI is InChI=1S/C15H27NO/c1-2-3-4-5-6-7-8-9-11-14(16)15-12-10-13-17-15/h10,12-14H,2-9,11,16H2,1H3. The average Bonchev–Trinajstić information content (AvgIpc) is 2.86. The highest BCUT2D eigenvalue weighted by Gasteiger charge is 2.07. The Morgan fingerprint density at radius 3 is 2.29 bits per heavy atom. The van der Waals surface area contributed by atoms with Gasteiger partial charge < -0.3 is 10.2 Å². The van der Waals surface area contributed by atoms with Crippen LogP contribution in [0.4, 0.5) is 0 Å². The first kappa shape index (κ1) is 14.3. The molecule has 0 saturated carbocycles. The van der Waals surface area contributed by atoms with E-state index < -0.39 is 0 Å². The highest BCUT2D eigenvalue weighted by Crippen LogP contribution is 2.18. The summed E-state index contributed by atoms with van der Waals surface area (Å²) in [5.74, 6) is 0.924. The Hall–Kier alpha value is -0.760. The van der Waals surface area contributed by atoms with Gasteiger partial charge in [0.25, 0.3) is 0 Å². The van der Waals surface area contributed by atoms with Gasteiger partial charge in [-0.25, -0.2) is 0 Å². The first-order valence-electron chi connectivity index (χ1n) is 7.13. The van der Waals surface area contributed by atoms with E-state index in [-0.39, 0.29) is 6.04 Å². The Morgan fingerprint density at radius 1 is 1.06 bits per heavy atom. The normalized spacial score (nSPS) is 12.8. The molecule has 1 heterocycles. The molecule has 1 unspecified atom stereocenters. The van der Waals surface area contributed by atoms with Gasteiger partial charge in [-0.1, -0.05) is 58.3 Å². The topological polar surface area (TPSA) is 39.2 Å². The summed E-state index contributed by atoms with van der Waals surface area (Å²) in [5, 5.41) is 0. The van der Waals surface area contributed by atoms with Crippen molar-refractivity contribution in [3.05, 3.63) is 24.2 Å². The molecule has 1 aromatic heterocycles. The third-order valence-corrected chi connectivity index (χ3v) is 3.28. The van der Waals surface area contributed by atoms with E-state index in [0.717, 1.165) is 12.2 Å². The molecular weight excluding hydrogens is 210 g/mol. The zero-order chi connectivity index (χ0) is 12.3. The minimum absolute atomic E-state index is 0.0880. The van der Waals surface area contributed by atoms with Crippen molar-refractivity contribution in [3.63, 3.8) is 0 Å². The molecule has 0 fully saturated rings. The molecular formula is C15H27NO. The van der Waals surface area contributed by atoms with Gasteiger partial charge in [0.05, 0.1) is 12.3 Å². The van der Waals surface area contributed by atoms with E-state index in [0.29, 0.717) is 0 Å². The van der Waals surface area contributed by atoms with Gasteiger partial charge in [-0.15, -0.1) is 0 Å². The third-order valence-electron chi connectivity index (χ3n) is 3.28. The highest BCUT2D eigenvalue weighted by atomic mass is 16.3. The summed E-state index contributed by atoms with van der Waals surface area (Å²) in [5.41, 5.74) is 6.03. The molecule has 0 bridgehead atoms. The molecule has 0 amide bonds. The van der Waals surface area contributed by atoms with Gasteiger partial charge in [-0.05, 0) is 18.6 Å². The molecule has 0 saturated heterocycles. The number of nitrogens with two attached hydrogens (primary N) is 1. The quantitative estimate of drug-likeness (QED) is 0.593. The molecule has 1 aromatic rings. The first-order valence-corrected chi connectivity index (χ1v) is 7.13. The summed E-state index contributed by atoms with van der Waals surface area (Å²) < 4.78 is 5.29. The van der Waals surface area contributed by atoms with Crippen LogP contribution in [0.1, 0.15) is 76.5 Å². The van der Waals surface area contributed by atoms with E-state index >= 15 is 0 Å². The van der Waals surface area contributed by atoms with Crippen molar-refractivity contribution in [1.82, 2.24) is 0 Å². The van der Waals surface area contributed by atoms with Crippen LogP contribution in [0.3, 0.4) is 0 Å². The van der Waals surface area contributed by atoms with Gasteiger partial charge in [0, 0.05) is 0 Å². The van der Waals surface area contributed by atoms with Crippen LogP contribution < -0.4 is 5.73 Å². The molecule has 2 nitrogen and oxygen atoms in total. The largest absolute Gasteiger partial charge is 0.468 e. The number of hydrogen-bond acceptors (Lipinski definition) is 2. The third kappa shape index (κ3) is 6.52. The molecule has 1 rings (SSSR count). The van der Waals surface area contributed by atoms with Gasteiger partial charge >= 0.3 is 0 Å². The van der Waals surface area contributed by atoms with Crippen LogP contribution in [-0.4, -0.2) is 0 Å². The minimum atomic E-state index is 0.0880. The summed E-state index contributed by atoms with van der Waals surface area (Å²) in [4.78, 5) is 0. The van der Waals surface area contributed by atoms with Crippen molar-refractivity contribution in [1.29, 1.82) is 0 Å². The maximum atomic E-state index is 6.03. The van der Waals surface area contributed by atoms with Crippen molar-refractivity contribution in [2.75, 3.05) is 0 Å². The first-order chi connectivity index (χ1) is 8.34. The Morgan fingerprint density at radius 2 is 1.71 bits per heavy atom. The maximum Gasteiger partial charge on any atom is 0.120 e. The predicted octanol–water partition coefficient (Wildman–Crippen LogP) is 4.81. The van der Waals surface area contributed by atoms with Crippen molar-refractivity contribution in [2.24, 2.45) is 5.73 Å².